The Bertz CT molecular complexity index is 723. The molecule has 1 unspecified atom stereocenters. The molecule has 3 aliphatic rings. The summed E-state index contributed by atoms with van der Waals surface area (Å²) in [6, 6.07) is 4.00. The lowest BCUT2D eigenvalue weighted by molar-refractivity contribution is 0.0833. The molecule has 24 heavy (non-hydrogen) atoms. The summed E-state index contributed by atoms with van der Waals surface area (Å²) < 4.78 is 11.8. The molecule has 7 heteroatoms. The predicted molar refractivity (Wildman–Crippen MR) is 93.8 cm³/mol. The fraction of sp³-hybridized carbons (Fsp3) is 0.471. The first kappa shape index (κ1) is 15.7. The molecule has 1 aliphatic carbocycles. The average molecular weight is 347 g/mol. The summed E-state index contributed by atoms with van der Waals surface area (Å²) in [5.41, 5.74) is 4.65. The molecule has 4 rings (SSSR count). The van der Waals surface area contributed by atoms with Crippen LogP contribution in [0.25, 0.3) is 0 Å². The Morgan fingerprint density at radius 3 is 3.12 bits per heavy atom. The van der Waals surface area contributed by atoms with E-state index in [1.54, 1.807) is 7.11 Å². The Balaban J connectivity index is 1.88. The largest absolute Gasteiger partial charge is 0.493 e. The Hall–Kier alpha value is -1.83. The second-order valence-electron chi connectivity index (χ2n) is 6.56. The maximum Gasteiger partial charge on any atom is 0.183 e. The number of hydrogen-bond donors (Lipinski definition) is 3. The van der Waals surface area contributed by atoms with Crippen molar-refractivity contribution in [3.05, 3.63) is 35.4 Å². The van der Waals surface area contributed by atoms with Crippen LogP contribution in [0.4, 0.5) is 0 Å². The van der Waals surface area contributed by atoms with Gasteiger partial charge in [0.15, 0.2) is 16.6 Å². The first-order valence-corrected chi connectivity index (χ1v) is 8.50. The van der Waals surface area contributed by atoms with Crippen LogP contribution in [0, 0.1) is 0 Å². The molecule has 3 atom stereocenters. The summed E-state index contributed by atoms with van der Waals surface area (Å²) in [6.07, 6.45) is 4.84. The predicted octanol–water partition coefficient (Wildman–Crippen LogP) is 0.969. The van der Waals surface area contributed by atoms with Crippen molar-refractivity contribution in [2.75, 3.05) is 13.7 Å². The van der Waals surface area contributed by atoms with Gasteiger partial charge in [-0.15, -0.1) is 0 Å². The summed E-state index contributed by atoms with van der Waals surface area (Å²) in [4.78, 5) is 2.07. The Morgan fingerprint density at radius 2 is 2.38 bits per heavy atom. The topological polar surface area (TPSA) is 80.0 Å². The van der Waals surface area contributed by atoms with Crippen LogP contribution in [0.1, 0.15) is 24.0 Å². The van der Waals surface area contributed by atoms with Crippen LogP contribution in [0.5, 0.6) is 11.5 Å². The van der Waals surface area contributed by atoms with E-state index in [1.165, 1.54) is 0 Å². The highest BCUT2D eigenvalue weighted by Crippen LogP contribution is 2.55. The minimum absolute atomic E-state index is 0.0955. The number of rotatable bonds is 1. The van der Waals surface area contributed by atoms with Crippen molar-refractivity contribution in [2.45, 2.75) is 37.0 Å². The van der Waals surface area contributed by atoms with Crippen molar-refractivity contribution in [2.24, 2.45) is 5.84 Å². The number of methoxy groups -OCH3 is 1. The monoisotopic (exact) mass is 347 g/mol. The fourth-order valence-corrected chi connectivity index (χ4v) is 4.36. The van der Waals surface area contributed by atoms with Gasteiger partial charge in [0.2, 0.25) is 0 Å². The number of benzene rings is 1. The van der Waals surface area contributed by atoms with Crippen molar-refractivity contribution in [3.63, 3.8) is 0 Å². The fourth-order valence-electron chi connectivity index (χ4n) is 4.20. The van der Waals surface area contributed by atoms with Crippen molar-refractivity contribution in [1.29, 1.82) is 0 Å². The van der Waals surface area contributed by atoms with Gasteiger partial charge in [-0.2, -0.15) is 0 Å². The SMILES string of the molecule is COc1ccc2c3c1OC1C[C@@H](O)C=C[C@@]31CCN(C(=S)NN)C2. The lowest BCUT2D eigenvalue weighted by Gasteiger charge is -2.36. The number of ether oxygens (including phenoxy) is 2. The van der Waals surface area contributed by atoms with Crippen LogP contribution >= 0.6 is 12.2 Å². The second kappa shape index (κ2) is 5.61. The molecule has 1 spiro atoms. The zero-order chi connectivity index (χ0) is 16.9. The van der Waals surface area contributed by atoms with E-state index in [2.05, 4.69) is 22.5 Å². The zero-order valence-electron chi connectivity index (χ0n) is 13.5. The van der Waals surface area contributed by atoms with Gasteiger partial charge in [-0.25, -0.2) is 5.84 Å². The first-order chi connectivity index (χ1) is 11.6. The van der Waals surface area contributed by atoms with E-state index in [4.69, 9.17) is 27.5 Å². The Kier molecular flexibility index (Phi) is 3.67. The van der Waals surface area contributed by atoms with Crippen LogP contribution in [-0.4, -0.2) is 41.0 Å². The molecule has 0 aromatic heterocycles. The molecule has 1 aromatic carbocycles. The van der Waals surface area contributed by atoms with Gasteiger partial charge in [0.05, 0.1) is 18.6 Å². The average Bonchev–Trinajstić information content (AvgIpc) is 2.82. The second-order valence-corrected chi connectivity index (χ2v) is 6.95. The molecule has 0 radical (unpaired) electrons. The smallest absolute Gasteiger partial charge is 0.183 e. The third-order valence-electron chi connectivity index (χ3n) is 5.37. The molecule has 4 N–H and O–H groups in total. The first-order valence-electron chi connectivity index (χ1n) is 8.09. The minimum atomic E-state index is -0.476. The Labute approximate surface area is 146 Å². The normalized spacial score (nSPS) is 30.0. The number of nitrogens with one attached hydrogen (secondary N) is 1. The number of aliphatic hydroxyl groups is 1. The molecule has 128 valence electrons. The van der Waals surface area contributed by atoms with Crippen molar-refractivity contribution in [1.82, 2.24) is 10.3 Å². The molecular formula is C17H21N3O3S. The summed E-state index contributed by atoms with van der Waals surface area (Å²) in [5, 5.41) is 10.6. The van der Waals surface area contributed by atoms with E-state index in [9.17, 15) is 5.11 Å². The van der Waals surface area contributed by atoms with Crippen LogP contribution in [0.3, 0.4) is 0 Å². The summed E-state index contributed by atoms with van der Waals surface area (Å²) in [7, 11) is 1.65. The van der Waals surface area contributed by atoms with Crippen molar-refractivity contribution >= 4 is 17.3 Å². The molecule has 0 bridgehead atoms. The quantitative estimate of drug-likeness (QED) is 0.302. The molecule has 2 heterocycles. The Morgan fingerprint density at radius 1 is 1.54 bits per heavy atom. The zero-order valence-corrected chi connectivity index (χ0v) is 14.3. The van der Waals surface area contributed by atoms with Crippen LogP contribution in [0.2, 0.25) is 0 Å². The third-order valence-corrected chi connectivity index (χ3v) is 5.74. The maximum atomic E-state index is 10.1. The number of thiocarbonyl (C=S) groups is 1. The molecular weight excluding hydrogens is 326 g/mol. The van der Waals surface area contributed by atoms with Gasteiger partial charge in [-0.05, 0) is 30.3 Å². The van der Waals surface area contributed by atoms with Gasteiger partial charge in [0.1, 0.15) is 6.10 Å². The highest BCUT2D eigenvalue weighted by atomic mass is 32.1. The van der Waals surface area contributed by atoms with Crippen LogP contribution in [0.15, 0.2) is 24.3 Å². The molecule has 2 aliphatic heterocycles. The van der Waals surface area contributed by atoms with E-state index < -0.39 is 6.10 Å². The van der Waals surface area contributed by atoms with E-state index in [-0.39, 0.29) is 11.5 Å². The summed E-state index contributed by atoms with van der Waals surface area (Å²) >= 11 is 5.34. The number of hydrazine groups is 1. The van der Waals surface area contributed by atoms with Gasteiger partial charge in [-0.1, -0.05) is 18.2 Å². The van der Waals surface area contributed by atoms with E-state index in [0.717, 1.165) is 35.6 Å². The molecule has 1 aromatic rings. The molecule has 0 fully saturated rings. The standard InChI is InChI=1S/C17H21N3O3S/c1-22-12-3-2-10-9-20(16(24)19-18)7-6-17-5-4-11(21)8-13(17)23-15(12)14(10)17/h2-5,11,13,21H,6-9,18H2,1H3,(H,19,24)/t11-,13?,17-/m0/s1. The minimum Gasteiger partial charge on any atom is -0.493 e. The maximum absolute atomic E-state index is 10.1. The number of hydrogen-bond acceptors (Lipinski definition) is 5. The number of nitrogens with two attached hydrogens (primary N) is 1. The summed E-state index contributed by atoms with van der Waals surface area (Å²) in [6.45, 7) is 1.43. The number of nitrogens with zero attached hydrogens (tertiary/aromatic N) is 1. The highest BCUT2D eigenvalue weighted by Gasteiger charge is 2.52. The summed E-state index contributed by atoms with van der Waals surface area (Å²) in [5.74, 6) is 7.05. The van der Waals surface area contributed by atoms with Crippen molar-refractivity contribution < 1.29 is 14.6 Å². The van der Waals surface area contributed by atoms with Gasteiger partial charge in [0.25, 0.3) is 0 Å². The van der Waals surface area contributed by atoms with Gasteiger partial charge in [0, 0.05) is 25.1 Å². The highest BCUT2D eigenvalue weighted by molar-refractivity contribution is 7.80. The van der Waals surface area contributed by atoms with Gasteiger partial charge < -0.3 is 24.9 Å². The van der Waals surface area contributed by atoms with Crippen molar-refractivity contribution in [3.8, 4) is 11.5 Å². The third kappa shape index (κ3) is 2.12. The molecule has 6 nitrogen and oxygen atoms in total. The lowest BCUT2D eigenvalue weighted by Crippen LogP contribution is -2.45. The molecule has 0 saturated carbocycles. The van der Waals surface area contributed by atoms with Gasteiger partial charge in [-0.3, -0.25) is 0 Å². The van der Waals surface area contributed by atoms with E-state index in [1.807, 2.05) is 12.1 Å². The molecule has 0 saturated heterocycles. The van der Waals surface area contributed by atoms with E-state index in [0.29, 0.717) is 18.1 Å². The van der Waals surface area contributed by atoms with E-state index >= 15 is 0 Å². The van der Waals surface area contributed by atoms with Crippen LogP contribution in [-0.2, 0) is 12.0 Å². The lowest BCUT2D eigenvalue weighted by atomic mass is 9.69. The van der Waals surface area contributed by atoms with Gasteiger partial charge >= 0.3 is 0 Å². The number of aliphatic hydroxyl groups excluding tert-OH is 1. The van der Waals surface area contributed by atoms with Crippen LogP contribution < -0.4 is 20.7 Å². The molecule has 0 amide bonds.